The third-order valence-corrected chi connectivity index (χ3v) is 6.29. The number of hydrogen-bond donors (Lipinski definition) is 1. The molecule has 1 fully saturated rings. The fourth-order valence-electron chi connectivity index (χ4n) is 4.55. The molecule has 1 atom stereocenters. The van der Waals surface area contributed by atoms with Crippen molar-refractivity contribution in [2.75, 3.05) is 20.3 Å². The first-order valence-electron chi connectivity index (χ1n) is 11.0. The van der Waals surface area contributed by atoms with Gasteiger partial charge in [-0.15, -0.1) is 0 Å². The van der Waals surface area contributed by atoms with Crippen molar-refractivity contribution in [2.45, 2.75) is 25.5 Å². The molecular weight excluding hydrogens is 420 g/mol. The standard InChI is InChI=1S/C26H24N2O5/c1-32-23-11-9-16-5-2-3-7-19(16)22(23)14-27-24(29)17-8-10-20-21(13-17)26(31)28(25(20)30)15-18-6-4-12-33-18/h2-3,5,7-11,13,18H,4,6,12,14-15H2,1H3,(H,27,29). The van der Waals surface area contributed by atoms with Crippen LogP contribution in [0.2, 0.25) is 0 Å². The number of rotatable bonds is 6. The number of fused-ring (bicyclic) bond motifs is 2. The molecule has 0 bridgehead atoms. The number of ether oxygens (including phenoxy) is 2. The summed E-state index contributed by atoms with van der Waals surface area (Å²) >= 11 is 0. The first kappa shape index (κ1) is 21.2. The summed E-state index contributed by atoms with van der Waals surface area (Å²) in [5.74, 6) is -0.354. The minimum Gasteiger partial charge on any atom is -0.496 e. The molecule has 1 N–H and O–H groups in total. The maximum atomic E-state index is 12.9. The summed E-state index contributed by atoms with van der Waals surface area (Å²) in [6, 6.07) is 16.4. The van der Waals surface area contributed by atoms with Crippen molar-refractivity contribution >= 4 is 28.5 Å². The molecule has 5 rings (SSSR count). The van der Waals surface area contributed by atoms with E-state index in [9.17, 15) is 14.4 Å². The Morgan fingerprint density at radius 1 is 1.09 bits per heavy atom. The van der Waals surface area contributed by atoms with Crippen LogP contribution in [0.1, 0.15) is 49.5 Å². The Balaban J connectivity index is 1.35. The van der Waals surface area contributed by atoms with Gasteiger partial charge in [-0.25, -0.2) is 0 Å². The second-order valence-electron chi connectivity index (χ2n) is 8.27. The average molecular weight is 444 g/mol. The van der Waals surface area contributed by atoms with Gasteiger partial charge < -0.3 is 14.8 Å². The Morgan fingerprint density at radius 2 is 1.91 bits per heavy atom. The van der Waals surface area contributed by atoms with Gasteiger partial charge in [-0.1, -0.05) is 30.3 Å². The number of methoxy groups -OCH3 is 1. The van der Waals surface area contributed by atoms with E-state index in [4.69, 9.17) is 9.47 Å². The molecule has 2 aliphatic heterocycles. The fraction of sp³-hybridized carbons (Fsp3) is 0.269. The smallest absolute Gasteiger partial charge is 0.261 e. The van der Waals surface area contributed by atoms with Crippen LogP contribution in [0, 0.1) is 0 Å². The van der Waals surface area contributed by atoms with Gasteiger partial charge in [-0.3, -0.25) is 19.3 Å². The summed E-state index contributed by atoms with van der Waals surface area (Å²) in [5.41, 5.74) is 1.78. The van der Waals surface area contributed by atoms with Gasteiger partial charge in [0.05, 0.1) is 30.9 Å². The lowest BCUT2D eigenvalue weighted by Gasteiger charge is -2.17. The number of benzene rings is 3. The van der Waals surface area contributed by atoms with Crippen LogP contribution in [0.15, 0.2) is 54.6 Å². The molecule has 33 heavy (non-hydrogen) atoms. The summed E-state index contributed by atoms with van der Waals surface area (Å²) < 4.78 is 11.1. The molecule has 7 nitrogen and oxygen atoms in total. The zero-order chi connectivity index (χ0) is 22.9. The molecule has 3 aromatic rings. The van der Waals surface area contributed by atoms with Gasteiger partial charge in [0.2, 0.25) is 0 Å². The Kier molecular flexibility index (Phi) is 5.56. The highest BCUT2D eigenvalue weighted by atomic mass is 16.5. The van der Waals surface area contributed by atoms with Crippen LogP contribution < -0.4 is 10.1 Å². The van der Waals surface area contributed by atoms with Gasteiger partial charge in [-0.05, 0) is 47.9 Å². The lowest BCUT2D eigenvalue weighted by atomic mass is 10.0. The normalized spacial score (nSPS) is 17.5. The number of imide groups is 1. The number of hydrogen-bond acceptors (Lipinski definition) is 5. The van der Waals surface area contributed by atoms with Crippen LogP contribution >= 0.6 is 0 Å². The lowest BCUT2D eigenvalue weighted by Crippen LogP contribution is -2.36. The van der Waals surface area contributed by atoms with E-state index in [0.29, 0.717) is 23.5 Å². The van der Waals surface area contributed by atoms with Crippen LogP contribution in [0.25, 0.3) is 10.8 Å². The van der Waals surface area contributed by atoms with E-state index < -0.39 is 0 Å². The van der Waals surface area contributed by atoms with E-state index in [1.165, 1.54) is 11.0 Å². The van der Waals surface area contributed by atoms with Crippen LogP contribution in [0.4, 0.5) is 0 Å². The number of carbonyl (C=O) groups excluding carboxylic acids is 3. The van der Waals surface area contributed by atoms with Crippen molar-refractivity contribution in [3.05, 3.63) is 76.9 Å². The molecule has 168 valence electrons. The molecule has 2 aliphatic rings. The third kappa shape index (κ3) is 3.85. The Hall–Kier alpha value is -3.71. The average Bonchev–Trinajstić information content (AvgIpc) is 3.45. The number of amides is 3. The number of nitrogens with one attached hydrogen (secondary N) is 1. The second kappa shape index (κ2) is 8.67. The first-order valence-corrected chi connectivity index (χ1v) is 11.0. The van der Waals surface area contributed by atoms with Crippen molar-refractivity contribution in [2.24, 2.45) is 0 Å². The minimum atomic E-state index is -0.379. The van der Waals surface area contributed by atoms with E-state index in [1.54, 1.807) is 19.2 Å². The second-order valence-corrected chi connectivity index (χ2v) is 8.27. The summed E-state index contributed by atoms with van der Waals surface area (Å²) in [4.78, 5) is 39.7. The predicted octanol–water partition coefficient (Wildman–Crippen LogP) is 3.55. The van der Waals surface area contributed by atoms with Crippen LogP contribution in [0.5, 0.6) is 5.75 Å². The van der Waals surface area contributed by atoms with Gasteiger partial charge in [-0.2, -0.15) is 0 Å². The number of carbonyl (C=O) groups is 3. The van der Waals surface area contributed by atoms with Crippen LogP contribution in [0.3, 0.4) is 0 Å². The van der Waals surface area contributed by atoms with Crippen molar-refractivity contribution in [1.29, 1.82) is 0 Å². The van der Waals surface area contributed by atoms with Crippen molar-refractivity contribution in [3.8, 4) is 5.75 Å². The summed E-state index contributed by atoms with van der Waals surface area (Å²) in [5, 5.41) is 4.97. The predicted molar refractivity (Wildman–Crippen MR) is 122 cm³/mol. The lowest BCUT2D eigenvalue weighted by molar-refractivity contribution is 0.0475. The van der Waals surface area contributed by atoms with Crippen molar-refractivity contribution in [1.82, 2.24) is 10.2 Å². The van der Waals surface area contributed by atoms with Gasteiger partial charge in [0.25, 0.3) is 17.7 Å². The van der Waals surface area contributed by atoms with Gasteiger partial charge in [0, 0.05) is 24.3 Å². The highest BCUT2D eigenvalue weighted by Gasteiger charge is 2.38. The molecule has 1 unspecified atom stereocenters. The van der Waals surface area contributed by atoms with Crippen molar-refractivity contribution in [3.63, 3.8) is 0 Å². The van der Waals surface area contributed by atoms with E-state index >= 15 is 0 Å². The van der Waals surface area contributed by atoms with E-state index in [-0.39, 0.29) is 42.5 Å². The summed E-state index contributed by atoms with van der Waals surface area (Å²) in [7, 11) is 1.60. The maximum Gasteiger partial charge on any atom is 0.261 e. The molecule has 2 heterocycles. The molecule has 0 aliphatic carbocycles. The topological polar surface area (TPSA) is 84.9 Å². The van der Waals surface area contributed by atoms with Gasteiger partial charge in [0.15, 0.2) is 0 Å². The van der Waals surface area contributed by atoms with Crippen LogP contribution in [-0.2, 0) is 11.3 Å². The zero-order valence-corrected chi connectivity index (χ0v) is 18.3. The third-order valence-electron chi connectivity index (χ3n) is 6.29. The molecule has 7 heteroatoms. The Morgan fingerprint density at radius 3 is 2.70 bits per heavy atom. The fourth-order valence-corrected chi connectivity index (χ4v) is 4.55. The Labute approximate surface area is 191 Å². The van der Waals surface area contributed by atoms with E-state index in [1.807, 2.05) is 36.4 Å². The molecule has 0 radical (unpaired) electrons. The van der Waals surface area contributed by atoms with E-state index in [2.05, 4.69) is 5.32 Å². The highest BCUT2D eigenvalue weighted by Crippen LogP contribution is 2.29. The van der Waals surface area contributed by atoms with Gasteiger partial charge in [0.1, 0.15) is 5.75 Å². The van der Waals surface area contributed by atoms with E-state index in [0.717, 1.165) is 29.2 Å². The maximum absolute atomic E-state index is 12.9. The molecular formula is C26H24N2O5. The minimum absolute atomic E-state index is 0.120. The van der Waals surface area contributed by atoms with Crippen molar-refractivity contribution < 1.29 is 23.9 Å². The summed E-state index contributed by atoms with van der Waals surface area (Å²) in [6.45, 7) is 1.16. The van der Waals surface area contributed by atoms with Crippen LogP contribution in [-0.4, -0.2) is 49.0 Å². The SMILES string of the molecule is COc1ccc2ccccc2c1CNC(=O)c1ccc2c(c1)C(=O)N(CC1CCCO1)C2=O. The molecule has 1 saturated heterocycles. The Bertz CT molecular complexity index is 1260. The monoisotopic (exact) mass is 444 g/mol. The zero-order valence-electron chi connectivity index (χ0n) is 18.3. The first-order chi connectivity index (χ1) is 16.1. The molecule has 0 aromatic heterocycles. The molecule has 3 aromatic carbocycles. The molecule has 0 saturated carbocycles. The summed E-state index contributed by atoms with van der Waals surface area (Å²) in [6.07, 6.45) is 1.64. The molecule has 0 spiro atoms. The molecule has 3 amide bonds. The quantitative estimate of drug-likeness (QED) is 0.588. The highest BCUT2D eigenvalue weighted by molar-refractivity contribution is 6.22. The largest absolute Gasteiger partial charge is 0.496 e. The number of nitrogens with zero attached hydrogens (tertiary/aromatic N) is 1. The van der Waals surface area contributed by atoms with Gasteiger partial charge >= 0.3 is 0 Å².